The Morgan fingerprint density at radius 3 is 2.85 bits per heavy atom. The Labute approximate surface area is 119 Å². The highest BCUT2D eigenvalue weighted by molar-refractivity contribution is 7.89. The highest BCUT2D eigenvalue weighted by atomic mass is 32.2. The van der Waals surface area contributed by atoms with Crippen molar-refractivity contribution in [3.05, 3.63) is 18.2 Å². The molecule has 112 valence electrons. The van der Waals surface area contributed by atoms with Gasteiger partial charge in [-0.05, 0) is 30.9 Å². The molecule has 6 nitrogen and oxygen atoms in total. The zero-order valence-corrected chi connectivity index (χ0v) is 12.3. The molecular weight excluding hydrogens is 280 g/mol. The molecule has 1 saturated heterocycles. The zero-order valence-electron chi connectivity index (χ0n) is 11.4. The van der Waals surface area contributed by atoms with Crippen LogP contribution in [0.1, 0.15) is 12.8 Å². The number of nitrogen functional groups attached to an aromatic ring is 1. The number of hydrogen-bond donors (Lipinski definition) is 2. The highest BCUT2D eigenvalue weighted by Gasteiger charge is 2.31. The monoisotopic (exact) mass is 300 g/mol. The second-order valence-corrected chi connectivity index (χ2v) is 6.86. The van der Waals surface area contributed by atoms with Gasteiger partial charge in [0.25, 0.3) is 0 Å². The Morgan fingerprint density at radius 2 is 2.25 bits per heavy atom. The van der Waals surface area contributed by atoms with Gasteiger partial charge >= 0.3 is 0 Å². The van der Waals surface area contributed by atoms with Crippen LogP contribution >= 0.6 is 0 Å². The van der Waals surface area contributed by atoms with Gasteiger partial charge in [0.15, 0.2) is 0 Å². The van der Waals surface area contributed by atoms with Crippen molar-refractivity contribution < 1.29 is 18.3 Å². The van der Waals surface area contributed by atoms with Crippen molar-refractivity contribution in [2.24, 2.45) is 5.92 Å². The van der Waals surface area contributed by atoms with Crippen molar-refractivity contribution in [2.75, 3.05) is 32.5 Å². The topological polar surface area (TPSA) is 92.9 Å². The Hall–Kier alpha value is -1.31. The van der Waals surface area contributed by atoms with Crippen LogP contribution in [0.4, 0.5) is 5.69 Å². The molecule has 1 aliphatic heterocycles. The van der Waals surface area contributed by atoms with Crippen molar-refractivity contribution in [1.29, 1.82) is 0 Å². The molecule has 0 bridgehead atoms. The summed E-state index contributed by atoms with van der Waals surface area (Å²) in [5.41, 5.74) is 6.00. The maximum absolute atomic E-state index is 12.6. The summed E-state index contributed by atoms with van der Waals surface area (Å²) in [5.74, 6) is 0.520. The molecule has 0 aromatic heterocycles. The fourth-order valence-electron chi connectivity index (χ4n) is 2.42. The molecule has 0 amide bonds. The highest BCUT2D eigenvalue weighted by Crippen LogP contribution is 2.29. The maximum atomic E-state index is 12.6. The number of piperidine rings is 1. The Morgan fingerprint density at radius 1 is 1.50 bits per heavy atom. The predicted octanol–water partition coefficient (Wildman–Crippen LogP) is 0.670. The average molecular weight is 300 g/mol. The van der Waals surface area contributed by atoms with E-state index in [-0.39, 0.29) is 23.1 Å². The molecule has 2 rings (SSSR count). The summed E-state index contributed by atoms with van der Waals surface area (Å²) < 4.78 is 31.6. The molecule has 1 atom stereocenters. The van der Waals surface area contributed by atoms with Gasteiger partial charge in [0.1, 0.15) is 10.6 Å². The first-order chi connectivity index (χ1) is 9.48. The van der Waals surface area contributed by atoms with Gasteiger partial charge in [-0.2, -0.15) is 4.31 Å². The number of rotatable bonds is 4. The number of benzene rings is 1. The second-order valence-electron chi connectivity index (χ2n) is 4.96. The number of ether oxygens (including phenoxy) is 1. The van der Waals surface area contributed by atoms with E-state index in [4.69, 9.17) is 10.5 Å². The number of nitrogens with zero attached hydrogens (tertiary/aromatic N) is 1. The number of anilines is 1. The van der Waals surface area contributed by atoms with Crippen LogP contribution in [0.5, 0.6) is 5.75 Å². The molecule has 0 spiro atoms. The van der Waals surface area contributed by atoms with Crippen LogP contribution < -0.4 is 10.5 Å². The lowest BCUT2D eigenvalue weighted by molar-refractivity contribution is 0.165. The number of aliphatic hydroxyl groups is 1. The maximum Gasteiger partial charge on any atom is 0.245 e. The van der Waals surface area contributed by atoms with E-state index in [0.29, 0.717) is 18.8 Å². The summed E-state index contributed by atoms with van der Waals surface area (Å²) in [6, 6.07) is 4.54. The molecule has 7 heteroatoms. The van der Waals surface area contributed by atoms with E-state index in [1.165, 1.54) is 23.5 Å². The molecule has 1 aromatic carbocycles. The van der Waals surface area contributed by atoms with Gasteiger partial charge < -0.3 is 15.6 Å². The van der Waals surface area contributed by atoms with E-state index < -0.39 is 10.0 Å². The number of sulfonamides is 1. The largest absolute Gasteiger partial charge is 0.497 e. The number of nitrogens with two attached hydrogens (primary N) is 1. The van der Waals surface area contributed by atoms with E-state index in [9.17, 15) is 13.5 Å². The van der Waals surface area contributed by atoms with Crippen molar-refractivity contribution in [1.82, 2.24) is 4.31 Å². The summed E-state index contributed by atoms with van der Waals surface area (Å²) in [5, 5.41) is 9.21. The molecule has 0 radical (unpaired) electrons. The minimum Gasteiger partial charge on any atom is -0.497 e. The van der Waals surface area contributed by atoms with Gasteiger partial charge in [-0.3, -0.25) is 0 Å². The molecule has 1 unspecified atom stereocenters. The van der Waals surface area contributed by atoms with Crippen LogP contribution in [-0.2, 0) is 10.0 Å². The molecule has 1 heterocycles. The second kappa shape index (κ2) is 5.99. The van der Waals surface area contributed by atoms with Crippen molar-refractivity contribution in [2.45, 2.75) is 17.7 Å². The van der Waals surface area contributed by atoms with Crippen LogP contribution in [-0.4, -0.2) is 44.6 Å². The van der Waals surface area contributed by atoms with Crippen LogP contribution in [0, 0.1) is 5.92 Å². The molecule has 0 saturated carbocycles. The average Bonchev–Trinajstić information content (AvgIpc) is 2.46. The van der Waals surface area contributed by atoms with Crippen LogP contribution in [0.25, 0.3) is 0 Å². The third kappa shape index (κ3) is 2.89. The molecular formula is C13H20N2O4S. The molecule has 1 aliphatic rings. The zero-order chi connectivity index (χ0) is 14.8. The van der Waals surface area contributed by atoms with Crippen molar-refractivity contribution in [3.63, 3.8) is 0 Å². The summed E-state index contributed by atoms with van der Waals surface area (Å²) in [7, 11) is -2.12. The predicted molar refractivity (Wildman–Crippen MR) is 76.0 cm³/mol. The van der Waals surface area contributed by atoms with Gasteiger partial charge in [-0.1, -0.05) is 0 Å². The van der Waals surface area contributed by atoms with Crippen LogP contribution in [0.2, 0.25) is 0 Å². The first kappa shape index (κ1) is 15.1. The van der Waals surface area contributed by atoms with Crippen molar-refractivity contribution >= 4 is 15.7 Å². The number of methoxy groups -OCH3 is 1. The summed E-state index contributed by atoms with van der Waals surface area (Å²) in [6.07, 6.45) is 1.60. The first-order valence-corrected chi connectivity index (χ1v) is 7.97. The van der Waals surface area contributed by atoms with Gasteiger partial charge in [-0.15, -0.1) is 0 Å². The lowest BCUT2D eigenvalue weighted by atomic mass is 10.0. The van der Waals surface area contributed by atoms with Gasteiger partial charge in [-0.25, -0.2) is 8.42 Å². The Bertz CT molecular complexity index is 574. The first-order valence-electron chi connectivity index (χ1n) is 6.53. The molecule has 1 fully saturated rings. The lowest BCUT2D eigenvalue weighted by Crippen LogP contribution is -2.41. The summed E-state index contributed by atoms with van der Waals surface area (Å²) in [4.78, 5) is 0.0943. The quantitative estimate of drug-likeness (QED) is 0.797. The fourth-order valence-corrected chi connectivity index (χ4v) is 4.07. The normalized spacial score (nSPS) is 20.8. The minimum absolute atomic E-state index is 0.00185. The Balaban J connectivity index is 2.30. The fraction of sp³-hybridized carbons (Fsp3) is 0.538. The van der Waals surface area contributed by atoms with E-state index in [1.54, 1.807) is 6.07 Å². The number of aliphatic hydroxyl groups excluding tert-OH is 1. The standard InChI is InChI=1S/C13H20N2O4S/c1-19-11-4-5-13(12(14)7-11)20(17,18)15-6-2-3-10(8-15)9-16/h4-5,7,10,16H,2-3,6,8-9,14H2,1H3. The van der Waals surface area contributed by atoms with E-state index in [0.717, 1.165) is 12.8 Å². The SMILES string of the molecule is COc1ccc(S(=O)(=O)N2CCCC(CO)C2)c(N)c1. The molecule has 3 N–H and O–H groups in total. The third-order valence-electron chi connectivity index (χ3n) is 3.57. The molecule has 1 aromatic rings. The van der Waals surface area contributed by atoms with E-state index in [1.807, 2.05) is 0 Å². The smallest absolute Gasteiger partial charge is 0.245 e. The summed E-state index contributed by atoms with van der Waals surface area (Å²) in [6.45, 7) is 0.804. The minimum atomic E-state index is -3.62. The van der Waals surface area contributed by atoms with Crippen LogP contribution in [0.3, 0.4) is 0 Å². The summed E-state index contributed by atoms with van der Waals surface area (Å²) >= 11 is 0. The molecule has 20 heavy (non-hydrogen) atoms. The van der Waals surface area contributed by atoms with Gasteiger partial charge in [0.05, 0.1) is 12.8 Å². The van der Waals surface area contributed by atoms with E-state index in [2.05, 4.69) is 0 Å². The molecule has 0 aliphatic carbocycles. The number of hydrogen-bond acceptors (Lipinski definition) is 5. The lowest BCUT2D eigenvalue weighted by Gasteiger charge is -2.31. The van der Waals surface area contributed by atoms with Crippen LogP contribution in [0.15, 0.2) is 23.1 Å². The van der Waals surface area contributed by atoms with Crippen molar-refractivity contribution in [3.8, 4) is 5.75 Å². The van der Waals surface area contributed by atoms with E-state index >= 15 is 0 Å². The van der Waals surface area contributed by atoms with Gasteiger partial charge in [0.2, 0.25) is 10.0 Å². The van der Waals surface area contributed by atoms with Gasteiger partial charge in [0, 0.05) is 25.8 Å². The third-order valence-corrected chi connectivity index (χ3v) is 5.51. The Kier molecular flexibility index (Phi) is 4.52.